The first kappa shape index (κ1) is 16.8. The van der Waals surface area contributed by atoms with Crippen molar-refractivity contribution in [2.24, 2.45) is 0 Å². The van der Waals surface area contributed by atoms with Crippen LogP contribution >= 0.6 is 0 Å². The molecule has 1 saturated heterocycles. The summed E-state index contributed by atoms with van der Waals surface area (Å²) in [5.41, 5.74) is 0. The van der Waals surface area contributed by atoms with Gasteiger partial charge in [-0.25, -0.2) is 4.79 Å². The van der Waals surface area contributed by atoms with Crippen LogP contribution in [0.15, 0.2) is 16.5 Å². The van der Waals surface area contributed by atoms with E-state index in [1.165, 1.54) is 0 Å². The van der Waals surface area contributed by atoms with E-state index in [0.29, 0.717) is 13.1 Å². The molecule has 0 aliphatic carbocycles. The van der Waals surface area contributed by atoms with Crippen LogP contribution in [0.5, 0.6) is 0 Å². The van der Waals surface area contributed by atoms with E-state index in [-0.39, 0.29) is 12.1 Å². The number of amides is 2. The number of hydrogen-bond acceptors (Lipinski definition) is 4. The SMILES string of the molecule is CCCCNC(=O)NCC(c1ccc(C)o1)N1CCOCC1. The molecule has 2 N–H and O–H groups in total. The minimum Gasteiger partial charge on any atom is -0.465 e. The van der Waals surface area contributed by atoms with Gasteiger partial charge < -0.3 is 19.8 Å². The van der Waals surface area contributed by atoms with Crippen molar-refractivity contribution in [2.45, 2.75) is 32.7 Å². The molecule has 6 nitrogen and oxygen atoms in total. The van der Waals surface area contributed by atoms with Crippen molar-refractivity contribution in [1.82, 2.24) is 15.5 Å². The smallest absolute Gasteiger partial charge is 0.314 e. The molecule has 1 unspecified atom stereocenters. The van der Waals surface area contributed by atoms with E-state index < -0.39 is 0 Å². The summed E-state index contributed by atoms with van der Waals surface area (Å²) in [5.74, 6) is 1.79. The van der Waals surface area contributed by atoms with E-state index in [4.69, 9.17) is 9.15 Å². The normalized spacial score (nSPS) is 17.2. The number of urea groups is 1. The highest BCUT2D eigenvalue weighted by Crippen LogP contribution is 2.23. The van der Waals surface area contributed by atoms with Gasteiger partial charge in [-0.2, -0.15) is 0 Å². The number of aryl methyl sites for hydroxylation is 1. The van der Waals surface area contributed by atoms with Gasteiger partial charge in [0.2, 0.25) is 0 Å². The lowest BCUT2D eigenvalue weighted by Crippen LogP contribution is -2.45. The fourth-order valence-electron chi connectivity index (χ4n) is 2.56. The topological polar surface area (TPSA) is 66.7 Å². The summed E-state index contributed by atoms with van der Waals surface area (Å²) < 4.78 is 11.2. The Balaban J connectivity index is 1.91. The van der Waals surface area contributed by atoms with Gasteiger partial charge in [0.05, 0.1) is 19.3 Å². The Labute approximate surface area is 132 Å². The van der Waals surface area contributed by atoms with Crippen molar-refractivity contribution < 1.29 is 13.9 Å². The molecular weight excluding hydrogens is 282 g/mol. The number of nitrogens with zero attached hydrogens (tertiary/aromatic N) is 1. The lowest BCUT2D eigenvalue weighted by atomic mass is 10.1. The van der Waals surface area contributed by atoms with Crippen LogP contribution in [-0.2, 0) is 4.74 Å². The maximum Gasteiger partial charge on any atom is 0.314 e. The molecule has 1 aromatic heterocycles. The Morgan fingerprint density at radius 3 is 2.73 bits per heavy atom. The molecule has 1 aliphatic rings. The first-order valence-electron chi connectivity index (χ1n) is 8.10. The zero-order valence-electron chi connectivity index (χ0n) is 13.6. The van der Waals surface area contributed by atoms with Crippen LogP contribution in [0, 0.1) is 6.92 Å². The molecule has 6 heteroatoms. The molecule has 2 heterocycles. The van der Waals surface area contributed by atoms with Gasteiger partial charge in [-0.3, -0.25) is 4.90 Å². The van der Waals surface area contributed by atoms with Crippen LogP contribution in [0.25, 0.3) is 0 Å². The number of carbonyl (C=O) groups excluding carboxylic acids is 1. The predicted octanol–water partition coefficient (Wildman–Crippen LogP) is 2.06. The van der Waals surface area contributed by atoms with Crippen LogP contribution in [0.3, 0.4) is 0 Å². The molecule has 1 atom stereocenters. The number of nitrogens with one attached hydrogen (secondary N) is 2. The molecule has 0 radical (unpaired) electrons. The lowest BCUT2D eigenvalue weighted by Gasteiger charge is -2.33. The van der Waals surface area contributed by atoms with E-state index >= 15 is 0 Å². The summed E-state index contributed by atoms with van der Waals surface area (Å²) in [7, 11) is 0. The van der Waals surface area contributed by atoms with Crippen molar-refractivity contribution >= 4 is 6.03 Å². The van der Waals surface area contributed by atoms with E-state index in [1.54, 1.807) is 0 Å². The summed E-state index contributed by atoms with van der Waals surface area (Å²) in [6.45, 7) is 8.43. The third-order valence-corrected chi connectivity index (χ3v) is 3.85. The molecule has 0 aromatic carbocycles. The Kier molecular flexibility index (Phi) is 6.74. The third kappa shape index (κ3) is 5.03. The number of morpholine rings is 1. The van der Waals surface area contributed by atoms with Crippen molar-refractivity contribution in [1.29, 1.82) is 0 Å². The molecular formula is C16H27N3O3. The number of furan rings is 1. The van der Waals surface area contributed by atoms with Gasteiger partial charge in [-0.15, -0.1) is 0 Å². The van der Waals surface area contributed by atoms with E-state index in [0.717, 1.165) is 50.7 Å². The monoisotopic (exact) mass is 309 g/mol. The van der Waals surface area contributed by atoms with E-state index in [1.807, 2.05) is 19.1 Å². The molecule has 2 rings (SSSR count). The summed E-state index contributed by atoms with van der Waals surface area (Å²) in [5, 5.41) is 5.83. The Morgan fingerprint density at radius 1 is 1.32 bits per heavy atom. The first-order chi connectivity index (χ1) is 10.7. The van der Waals surface area contributed by atoms with Crippen LogP contribution < -0.4 is 10.6 Å². The number of hydrogen-bond donors (Lipinski definition) is 2. The maximum absolute atomic E-state index is 11.8. The highest BCUT2D eigenvalue weighted by atomic mass is 16.5. The summed E-state index contributed by atoms with van der Waals surface area (Å²) in [4.78, 5) is 14.1. The van der Waals surface area contributed by atoms with Gasteiger partial charge in [-0.1, -0.05) is 13.3 Å². The van der Waals surface area contributed by atoms with Crippen molar-refractivity contribution in [3.05, 3.63) is 23.7 Å². The average molecular weight is 309 g/mol. The Morgan fingerprint density at radius 2 is 2.09 bits per heavy atom. The minimum absolute atomic E-state index is 0.0505. The fraction of sp³-hybridized carbons (Fsp3) is 0.688. The second-order valence-electron chi connectivity index (χ2n) is 5.60. The van der Waals surface area contributed by atoms with Crippen LogP contribution in [0.2, 0.25) is 0 Å². The number of ether oxygens (including phenoxy) is 1. The van der Waals surface area contributed by atoms with Crippen LogP contribution in [0.1, 0.15) is 37.3 Å². The van der Waals surface area contributed by atoms with Gasteiger partial charge in [-0.05, 0) is 25.5 Å². The van der Waals surface area contributed by atoms with Crippen molar-refractivity contribution in [3.8, 4) is 0 Å². The first-order valence-corrected chi connectivity index (χ1v) is 8.10. The fourth-order valence-corrected chi connectivity index (χ4v) is 2.56. The summed E-state index contributed by atoms with van der Waals surface area (Å²) in [6, 6.07) is 3.89. The van der Waals surface area contributed by atoms with Crippen LogP contribution in [0.4, 0.5) is 4.79 Å². The molecule has 2 amide bonds. The second-order valence-corrected chi connectivity index (χ2v) is 5.60. The van der Waals surface area contributed by atoms with Crippen molar-refractivity contribution in [3.63, 3.8) is 0 Å². The Hall–Kier alpha value is -1.53. The minimum atomic E-state index is -0.116. The largest absolute Gasteiger partial charge is 0.465 e. The molecule has 1 fully saturated rings. The summed E-state index contributed by atoms with van der Waals surface area (Å²) >= 11 is 0. The quantitative estimate of drug-likeness (QED) is 0.757. The molecule has 0 bridgehead atoms. The maximum atomic E-state index is 11.8. The van der Waals surface area contributed by atoms with Gasteiger partial charge >= 0.3 is 6.03 Å². The molecule has 0 spiro atoms. The number of unbranched alkanes of at least 4 members (excludes halogenated alkanes) is 1. The average Bonchev–Trinajstić information content (AvgIpc) is 2.95. The zero-order valence-corrected chi connectivity index (χ0v) is 13.6. The highest BCUT2D eigenvalue weighted by molar-refractivity contribution is 5.73. The van der Waals surface area contributed by atoms with Gasteiger partial charge in [0, 0.05) is 26.2 Å². The van der Waals surface area contributed by atoms with Crippen molar-refractivity contribution in [2.75, 3.05) is 39.4 Å². The predicted molar refractivity (Wildman–Crippen MR) is 84.9 cm³/mol. The Bertz CT molecular complexity index is 455. The standard InChI is InChI=1S/C16H27N3O3/c1-3-4-7-17-16(20)18-12-14(15-6-5-13(2)22-15)19-8-10-21-11-9-19/h5-6,14H,3-4,7-12H2,1-2H3,(H2,17,18,20). The lowest BCUT2D eigenvalue weighted by molar-refractivity contribution is 0.0121. The molecule has 124 valence electrons. The number of rotatable bonds is 7. The number of carbonyl (C=O) groups is 1. The zero-order chi connectivity index (χ0) is 15.8. The van der Waals surface area contributed by atoms with Crippen LogP contribution in [-0.4, -0.2) is 50.3 Å². The second kappa shape index (κ2) is 8.80. The van der Waals surface area contributed by atoms with Gasteiger partial charge in [0.15, 0.2) is 0 Å². The molecule has 1 aromatic rings. The van der Waals surface area contributed by atoms with Gasteiger partial charge in [0.1, 0.15) is 11.5 Å². The molecule has 1 aliphatic heterocycles. The third-order valence-electron chi connectivity index (χ3n) is 3.85. The molecule has 22 heavy (non-hydrogen) atoms. The van der Waals surface area contributed by atoms with Gasteiger partial charge in [0.25, 0.3) is 0 Å². The van der Waals surface area contributed by atoms with E-state index in [9.17, 15) is 4.79 Å². The van der Waals surface area contributed by atoms with E-state index in [2.05, 4.69) is 22.5 Å². The summed E-state index contributed by atoms with van der Waals surface area (Å²) in [6.07, 6.45) is 2.07. The molecule has 0 saturated carbocycles. The highest BCUT2D eigenvalue weighted by Gasteiger charge is 2.25.